The molecule has 1 fully saturated rings. The van der Waals surface area contributed by atoms with Gasteiger partial charge in [0, 0.05) is 21.4 Å². The number of aromatic nitrogens is 1. The minimum absolute atomic E-state index is 0.0695. The molecular weight excluding hydrogens is 457 g/mol. The Morgan fingerprint density at radius 1 is 1.00 bits per heavy atom. The molecule has 0 unspecified atom stereocenters. The van der Waals surface area contributed by atoms with Gasteiger partial charge in [0.15, 0.2) is 0 Å². The highest BCUT2D eigenvalue weighted by molar-refractivity contribution is 6.35. The van der Waals surface area contributed by atoms with Gasteiger partial charge < -0.3 is 9.88 Å². The molecule has 7 heteroatoms. The molecule has 0 saturated carbocycles. The molecule has 4 rings (SSSR count). The van der Waals surface area contributed by atoms with E-state index in [1.54, 1.807) is 24.3 Å². The quantitative estimate of drug-likeness (QED) is 0.340. The number of amides is 3. The largest absolute Gasteiger partial charge is 0.329 e. The molecule has 1 saturated heterocycles. The highest BCUT2D eigenvalue weighted by atomic mass is 35.5. The highest BCUT2D eigenvalue weighted by Gasteiger charge is 2.34. The number of hydrogen-bond acceptors (Lipinski definition) is 2. The number of imide groups is 1. The van der Waals surface area contributed by atoms with Crippen molar-refractivity contribution in [3.8, 4) is 5.69 Å². The minimum Gasteiger partial charge on any atom is -0.317 e. The van der Waals surface area contributed by atoms with Crippen molar-refractivity contribution in [3.05, 3.63) is 91.8 Å². The standard InChI is InChI=1S/C26H25Cl2N3O2/c1-5-18-8-6-7-15(2)24(18)31-16(3)11-20(17(31)4)12-23-25(32)30(26(33)29-23)14-19-9-10-21(27)13-22(19)28/h6-13H,5,14H2,1-4H3,(H,29,33)/b23-12-. The van der Waals surface area contributed by atoms with Gasteiger partial charge >= 0.3 is 6.03 Å². The van der Waals surface area contributed by atoms with Gasteiger partial charge in [0.2, 0.25) is 0 Å². The monoisotopic (exact) mass is 481 g/mol. The fourth-order valence-corrected chi connectivity index (χ4v) is 4.76. The molecule has 1 N–H and O–H groups in total. The summed E-state index contributed by atoms with van der Waals surface area (Å²) in [5, 5.41) is 3.61. The van der Waals surface area contributed by atoms with E-state index in [1.165, 1.54) is 16.8 Å². The summed E-state index contributed by atoms with van der Waals surface area (Å²) in [4.78, 5) is 26.7. The molecule has 0 aliphatic carbocycles. The molecule has 0 bridgehead atoms. The molecule has 1 aromatic heterocycles. The lowest BCUT2D eigenvalue weighted by Gasteiger charge is -2.17. The Morgan fingerprint density at radius 3 is 2.45 bits per heavy atom. The molecule has 0 atom stereocenters. The molecule has 3 aromatic rings. The van der Waals surface area contributed by atoms with Crippen molar-refractivity contribution >= 4 is 41.2 Å². The normalized spacial score (nSPS) is 15.0. The number of urea groups is 1. The number of halogens is 2. The molecule has 0 radical (unpaired) electrons. The average molecular weight is 482 g/mol. The summed E-state index contributed by atoms with van der Waals surface area (Å²) in [5.41, 5.74) is 7.45. The van der Waals surface area contributed by atoms with E-state index in [4.69, 9.17) is 23.2 Å². The van der Waals surface area contributed by atoms with Crippen LogP contribution in [0.5, 0.6) is 0 Å². The molecule has 3 amide bonds. The molecule has 2 heterocycles. The van der Waals surface area contributed by atoms with Gasteiger partial charge in [0.05, 0.1) is 12.2 Å². The molecule has 0 spiro atoms. The van der Waals surface area contributed by atoms with Crippen LogP contribution in [0.4, 0.5) is 4.79 Å². The van der Waals surface area contributed by atoms with E-state index < -0.39 is 6.03 Å². The second kappa shape index (κ2) is 9.08. The number of para-hydroxylation sites is 1. The topological polar surface area (TPSA) is 54.3 Å². The Kier molecular flexibility index (Phi) is 6.37. The molecule has 5 nitrogen and oxygen atoms in total. The molecule has 1 aliphatic heterocycles. The Balaban J connectivity index is 1.67. The number of rotatable bonds is 5. The maximum atomic E-state index is 13.0. The SMILES string of the molecule is CCc1cccc(C)c1-n1c(C)cc(/C=C2\NC(=O)N(Cc3ccc(Cl)cc3Cl)C2=O)c1C. The van der Waals surface area contributed by atoms with E-state index in [0.29, 0.717) is 15.6 Å². The lowest BCUT2D eigenvalue weighted by molar-refractivity contribution is -0.123. The van der Waals surface area contributed by atoms with Crippen LogP contribution in [-0.4, -0.2) is 21.4 Å². The van der Waals surface area contributed by atoms with Crippen LogP contribution in [0.3, 0.4) is 0 Å². The van der Waals surface area contributed by atoms with Gasteiger partial charge in [-0.25, -0.2) is 4.79 Å². The Bertz CT molecular complexity index is 1310. The fourth-order valence-electron chi connectivity index (χ4n) is 4.29. The molecule has 33 heavy (non-hydrogen) atoms. The van der Waals surface area contributed by atoms with Crippen molar-refractivity contribution in [1.82, 2.24) is 14.8 Å². The van der Waals surface area contributed by atoms with E-state index in [1.807, 2.05) is 19.9 Å². The third-order valence-electron chi connectivity index (χ3n) is 6.00. The minimum atomic E-state index is -0.474. The van der Waals surface area contributed by atoms with Crippen molar-refractivity contribution in [2.45, 2.75) is 40.7 Å². The van der Waals surface area contributed by atoms with Crippen LogP contribution < -0.4 is 5.32 Å². The first-order valence-corrected chi connectivity index (χ1v) is 11.5. The lowest BCUT2D eigenvalue weighted by atomic mass is 10.1. The molecule has 170 valence electrons. The van der Waals surface area contributed by atoms with Crippen molar-refractivity contribution in [1.29, 1.82) is 0 Å². The summed E-state index contributed by atoms with van der Waals surface area (Å²) in [6.45, 7) is 8.39. The predicted octanol–water partition coefficient (Wildman–Crippen LogP) is 6.36. The highest BCUT2D eigenvalue weighted by Crippen LogP contribution is 2.29. The summed E-state index contributed by atoms with van der Waals surface area (Å²) in [5.74, 6) is -0.388. The number of benzene rings is 2. The Morgan fingerprint density at radius 2 is 1.76 bits per heavy atom. The maximum Gasteiger partial charge on any atom is 0.329 e. The van der Waals surface area contributed by atoms with Gasteiger partial charge in [-0.1, -0.05) is 54.4 Å². The van der Waals surface area contributed by atoms with E-state index in [9.17, 15) is 9.59 Å². The van der Waals surface area contributed by atoms with Gasteiger partial charge in [0.1, 0.15) is 5.70 Å². The van der Waals surface area contributed by atoms with E-state index in [-0.39, 0.29) is 18.1 Å². The first-order valence-electron chi connectivity index (χ1n) is 10.8. The van der Waals surface area contributed by atoms with Crippen LogP contribution >= 0.6 is 23.2 Å². The van der Waals surface area contributed by atoms with Crippen LogP contribution in [0.2, 0.25) is 10.0 Å². The van der Waals surface area contributed by atoms with Crippen LogP contribution in [0.1, 0.15) is 40.6 Å². The van der Waals surface area contributed by atoms with Crippen molar-refractivity contribution in [3.63, 3.8) is 0 Å². The van der Waals surface area contributed by atoms with Crippen LogP contribution in [0.15, 0.2) is 48.2 Å². The number of carbonyl (C=O) groups is 2. The predicted molar refractivity (Wildman–Crippen MR) is 133 cm³/mol. The number of aryl methyl sites for hydroxylation is 3. The summed E-state index contributed by atoms with van der Waals surface area (Å²) in [7, 11) is 0. The average Bonchev–Trinajstić information content (AvgIpc) is 3.19. The summed E-state index contributed by atoms with van der Waals surface area (Å²) >= 11 is 12.2. The van der Waals surface area contributed by atoms with E-state index in [2.05, 4.69) is 41.9 Å². The van der Waals surface area contributed by atoms with E-state index >= 15 is 0 Å². The smallest absolute Gasteiger partial charge is 0.317 e. The van der Waals surface area contributed by atoms with Crippen molar-refractivity contribution in [2.75, 3.05) is 0 Å². The second-order valence-electron chi connectivity index (χ2n) is 8.21. The number of carbonyl (C=O) groups excluding carboxylic acids is 2. The third kappa shape index (κ3) is 4.31. The second-order valence-corrected chi connectivity index (χ2v) is 9.06. The summed E-state index contributed by atoms with van der Waals surface area (Å²) in [6, 6.07) is 12.9. The van der Waals surface area contributed by atoms with Gasteiger partial charge in [0.25, 0.3) is 5.91 Å². The fraction of sp³-hybridized carbons (Fsp3) is 0.231. The van der Waals surface area contributed by atoms with Crippen molar-refractivity contribution in [2.24, 2.45) is 0 Å². The zero-order chi connectivity index (χ0) is 23.9. The Hall–Kier alpha value is -3.02. The van der Waals surface area contributed by atoms with Gasteiger partial charge in [-0.15, -0.1) is 0 Å². The molecule has 2 aromatic carbocycles. The first-order chi connectivity index (χ1) is 15.7. The number of nitrogens with zero attached hydrogens (tertiary/aromatic N) is 2. The van der Waals surface area contributed by atoms with Gasteiger partial charge in [-0.05, 0) is 73.7 Å². The maximum absolute atomic E-state index is 13.0. The van der Waals surface area contributed by atoms with Gasteiger partial charge in [-0.3, -0.25) is 9.69 Å². The zero-order valence-electron chi connectivity index (χ0n) is 19.0. The van der Waals surface area contributed by atoms with E-state index in [0.717, 1.165) is 28.3 Å². The number of nitrogens with one attached hydrogen (secondary N) is 1. The first kappa shape index (κ1) is 23.1. The third-order valence-corrected chi connectivity index (χ3v) is 6.59. The Labute approximate surface area is 203 Å². The van der Waals surface area contributed by atoms with Gasteiger partial charge in [-0.2, -0.15) is 0 Å². The molecule has 1 aliphatic rings. The lowest BCUT2D eigenvalue weighted by Crippen LogP contribution is -2.30. The van der Waals surface area contributed by atoms with Crippen molar-refractivity contribution < 1.29 is 9.59 Å². The van der Waals surface area contributed by atoms with Crippen LogP contribution in [0.25, 0.3) is 11.8 Å². The van der Waals surface area contributed by atoms with Crippen LogP contribution in [-0.2, 0) is 17.8 Å². The van der Waals surface area contributed by atoms with Crippen LogP contribution in [0, 0.1) is 20.8 Å². The summed E-state index contributed by atoms with van der Waals surface area (Å²) in [6.07, 6.45) is 2.66. The molecular formula is C26H25Cl2N3O2. The zero-order valence-corrected chi connectivity index (χ0v) is 20.5. The summed E-state index contributed by atoms with van der Waals surface area (Å²) < 4.78 is 2.22. The number of hydrogen-bond donors (Lipinski definition) is 1.